The van der Waals surface area contributed by atoms with Crippen molar-refractivity contribution in [2.75, 3.05) is 0 Å². The highest BCUT2D eigenvalue weighted by molar-refractivity contribution is 6.08. The first-order valence-electron chi connectivity index (χ1n) is 9.91. The Morgan fingerprint density at radius 1 is 0.879 bits per heavy atom. The van der Waals surface area contributed by atoms with E-state index < -0.39 is 17.6 Å². The minimum atomic E-state index is -4.44. The number of rotatable bonds is 4. The number of furan rings is 2. The number of carbonyl (C=O) groups excluding carboxylic acids is 1. The van der Waals surface area contributed by atoms with Crippen LogP contribution < -0.4 is 5.43 Å². The number of amides is 1. The number of hydrazone groups is 1. The van der Waals surface area contributed by atoms with Crippen LogP contribution in [0.1, 0.15) is 21.9 Å². The zero-order chi connectivity index (χ0) is 23.0. The van der Waals surface area contributed by atoms with Gasteiger partial charge in [-0.05, 0) is 47.2 Å². The molecule has 1 N–H and O–H groups in total. The fourth-order valence-electron chi connectivity index (χ4n) is 3.54. The quantitative estimate of drug-likeness (QED) is 0.248. The molecule has 0 unspecified atom stereocenters. The molecule has 0 spiro atoms. The van der Waals surface area contributed by atoms with Crippen LogP contribution in [0, 0.1) is 0 Å². The summed E-state index contributed by atoms with van der Waals surface area (Å²) in [6.07, 6.45) is -3.19. The molecule has 0 aliphatic carbocycles. The van der Waals surface area contributed by atoms with Crippen molar-refractivity contribution in [1.29, 1.82) is 0 Å². The highest BCUT2D eigenvalue weighted by atomic mass is 19.4. The molecule has 2 heterocycles. The standard InChI is InChI=1S/C25H15F3N2O3/c26-25(27,28)17-6-3-5-16(12-17)21-11-9-18(32-21)14-29-30-24(31)23-13-20-19-7-2-1-4-15(19)8-10-22(20)33-23/h1-14H,(H,30,31). The topological polar surface area (TPSA) is 67.7 Å². The van der Waals surface area contributed by atoms with Crippen LogP contribution in [0.3, 0.4) is 0 Å². The molecule has 0 saturated heterocycles. The number of halogens is 3. The van der Waals surface area contributed by atoms with E-state index in [1.165, 1.54) is 24.4 Å². The summed E-state index contributed by atoms with van der Waals surface area (Å²) in [5, 5.41) is 6.68. The van der Waals surface area contributed by atoms with Gasteiger partial charge in [0.05, 0.1) is 11.8 Å². The van der Waals surface area contributed by atoms with Crippen LogP contribution in [-0.4, -0.2) is 12.1 Å². The van der Waals surface area contributed by atoms with Gasteiger partial charge in [0.1, 0.15) is 17.1 Å². The van der Waals surface area contributed by atoms with E-state index in [0.29, 0.717) is 5.58 Å². The molecule has 0 radical (unpaired) electrons. The van der Waals surface area contributed by atoms with E-state index in [4.69, 9.17) is 8.83 Å². The van der Waals surface area contributed by atoms with E-state index in [-0.39, 0.29) is 22.8 Å². The monoisotopic (exact) mass is 448 g/mol. The first kappa shape index (κ1) is 20.6. The summed E-state index contributed by atoms with van der Waals surface area (Å²) < 4.78 is 49.9. The summed E-state index contributed by atoms with van der Waals surface area (Å²) in [7, 11) is 0. The smallest absolute Gasteiger partial charge is 0.416 e. The van der Waals surface area contributed by atoms with E-state index in [2.05, 4.69) is 10.5 Å². The molecule has 3 aromatic carbocycles. The molecular weight excluding hydrogens is 433 g/mol. The van der Waals surface area contributed by atoms with E-state index in [1.54, 1.807) is 18.2 Å². The van der Waals surface area contributed by atoms with Gasteiger partial charge in [0.2, 0.25) is 0 Å². The van der Waals surface area contributed by atoms with Crippen molar-refractivity contribution in [1.82, 2.24) is 5.43 Å². The van der Waals surface area contributed by atoms with Crippen molar-refractivity contribution < 1.29 is 26.8 Å². The third-order valence-electron chi connectivity index (χ3n) is 5.11. The lowest BCUT2D eigenvalue weighted by molar-refractivity contribution is -0.137. The molecule has 8 heteroatoms. The average Bonchev–Trinajstić information content (AvgIpc) is 3.46. The number of fused-ring (bicyclic) bond motifs is 3. The van der Waals surface area contributed by atoms with Crippen LogP contribution >= 0.6 is 0 Å². The molecule has 5 rings (SSSR count). The summed E-state index contributed by atoms with van der Waals surface area (Å²) in [6.45, 7) is 0. The van der Waals surface area contributed by atoms with Crippen LogP contribution in [0.15, 0.2) is 92.8 Å². The van der Waals surface area contributed by atoms with Crippen molar-refractivity contribution in [2.24, 2.45) is 5.10 Å². The normalized spacial score (nSPS) is 12.1. The second kappa shape index (κ2) is 7.98. The minimum absolute atomic E-state index is 0.0996. The fourth-order valence-corrected chi connectivity index (χ4v) is 3.54. The number of nitrogens with one attached hydrogen (secondary N) is 1. The molecule has 2 aromatic heterocycles. The third kappa shape index (κ3) is 4.10. The highest BCUT2D eigenvalue weighted by Crippen LogP contribution is 2.32. The molecule has 0 bridgehead atoms. The Bertz CT molecular complexity index is 1510. The second-order valence-electron chi connectivity index (χ2n) is 7.29. The van der Waals surface area contributed by atoms with Crippen molar-refractivity contribution in [3.8, 4) is 11.3 Å². The van der Waals surface area contributed by atoms with Gasteiger partial charge >= 0.3 is 12.1 Å². The van der Waals surface area contributed by atoms with Gasteiger partial charge in [-0.3, -0.25) is 4.79 Å². The van der Waals surface area contributed by atoms with Gasteiger partial charge in [-0.2, -0.15) is 18.3 Å². The van der Waals surface area contributed by atoms with E-state index in [1.807, 2.05) is 30.3 Å². The van der Waals surface area contributed by atoms with Crippen LogP contribution in [0.2, 0.25) is 0 Å². The maximum absolute atomic E-state index is 12.9. The Kier molecular flexibility index (Phi) is 4.97. The number of nitrogens with zero attached hydrogens (tertiary/aromatic N) is 1. The predicted octanol–water partition coefficient (Wildman–Crippen LogP) is 6.63. The zero-order valence-corrected chi connectivity index (χ0v) is 16.9. The highest BCUT2D eigenvalue weighted by Gasteiger charge is 2.30. The number of carbonyl (C=O) groups is 1. The van der Waals surface area contributed by atoms with Crippen LogP contribution in [-0.2, 0) is 6.18 Å². The van der Waals surface area contributed by atoms with E-state index >= 15 is 0 Å². The van der Waals surface area contributed by atoms with Gasteiger partial charge in [0.15, 0.2) is 5.76 Å². The zero-order valence-electron chi connectivity index (χ0n) is 16.9. The Morgan fingerprint density at radius 2 is 1.73 bits per heavy atom. The SMILES string of the molecule is O=C(NN=Cc1ccc(-c2cccc(C(F)(F)F)c2)o1)c1cc2c(ccc3ccccc32)o1. The number of benzene rings is 3. The largest absolute Gasteiger partial charge is 0.455 e. The summed E-state index contributed by atoms with van der Waals surface area (Å²) in [5.74, 6) is 0.0649. The molecule has 33 heavy (non-hydrogen) atoms. The summed E-state index contributed by atoms with van der Waals surface area (Å²) in [5.41, 5.74) is 2.46. The summed E-state index contributed by atoms with van der Waals surface area (Å²) in [6, 6.07) is 21.0. The first-order chi connectivity index (χ1) is 15.9. The molecule has 0 aliphatic rings. The molecule has 1 amide bonds. The van der Waals surface area contributed by atoms with Crippen LogP contribution in [0.5, 0.6) is 0 Å². The molecule has 5 aromatic rings. The lowest BCUT2D eigenvalue weighted by Gasteiger charge is -2.07. The van der Waals surface area contributed by atoms with Gasteiger partial charge in [0.25, 0.3) is 0 Å². The summed E-state index contributed by atoms with van der Waals surface area (Å²) in [4.78, 5) is 12.4. The van der Waals surface area contributed by atoms with Gasteiger partial charge in [-0.15, -0.1) is 0 Å². The lowest BCUT2D eigenvalue weighted by atomic mass is 10.1. The maximum Gasteiger partial charge on any atom is 0.416 e. The first-order valence-corrected chi connectivity index (χ1v) is 9.91. The van der Waals surface area contributed by atoms with Crippen molar-refractivity contribution >= 4 is 33.9 Å². The molecule has 0 fully saturated rings. The number of hydrogen-bond acceptors (Lipinski definition) is 4. The van der Waals surface area contributed by atoms with Crippen LogP contribution in [0.25, 0.3) is 33.1 Å². The average molecular weight is 448 g/mol. The molecule has 0 saturated carbocycles. The van der Waals surface area contributed by atoms with Crippen molar-refractivity contribution in [3.05, 3.63) is 95.9 Å². The van der Waals surface area contributed by atoms with Crippen LogP contribution in [0.4, 0.5) is 13.2 Å². The minimum Gasteiger partial charge on any atom is -0.455 e. The Labute approximate surface area is 185 Å². The Morgan fingerprint density at radius 3 is 2.58 bits per heavy atom. The van der Waals surface area contributed by atoms with Gasteiger partial charge in [-0.1, -0.05) is 42.5 Å². The van der Waals surface area contributed by atoms with Gasteiger partial charge in [-0.25, -0.2) is 5.43 Å². The molecular formula is C25H15F3N2O3. The predicted molar refractivity (Wildman–Crippen MR) is 118 cm³/mol. The Hall–Kier alpha value is -4.33. The van der Waals surface area contributed by atoms with Crippen molar-refractivity contribution in [2.45, 2.75) is 6.18 Å². The number of alkyl halides is 3. The number of hydrogen-bond donors (Lipinski definition) is 1. The van der Waals surface area contributed by atoms with E-state index in [0.717, 1.165) is 28.3 Å². The Balaban J connectivity index is 1.31. The lowest BCUT2D eigenvalue weighted by Crippen LogP contribution is -2.16. The maximum atomic E-state index is 12.9. The van der Waals surface area contributed by atoms with Gasteiger partial charge in [0, 0.05) is 10.9 Å². The molecule has 5 nitrogen and oxygen atoms in total. The molecule has 0 aliphatic heterocycles. The second-order valence-corrected chi connectivity index (χ2v) is 7.29. The van der Waals surface area contributed by atoms with Gasteiger partial charge < -0.3 is 8.83 Å². The summed E-state index contributed by atoms with van der Waals surface area (Å²) >= 11 is 0. The van der Waals surface area contributed by atoms with E-state index in [9.17, 15) is 18.0 Å². The molecule has 0 atom stereocenters. The third-order valence-corrected chi connectivity index (χ3v) is 5.11. The molecule has 164 valence electrons. The van der Waals surface area contributed by atoms with Crippen molar-refractivity contribution in [3.63, 3.8) is 0 Å². The fraction of sp³-hybridized carbons (Fsp3) is 0.0400.